The Balaban J connectivity index is 2.08. The third-order valence-electron chi connectivity index (χ3n) is 5.90. The maximum atomic E-state index is 4.51. The molecule has 1 aliphatic rings. The Hall–Kier alpha value is -2.08. The first-order valence-electron chi connectivity index (χ1n) is 10.1. The summed E-state index contributed by atoms with van der Waals surface area (Å²) in [5.41, 5.74) is 3.37. The zero-order chi connectivity index (χ0) is 20.0. The van der Waals surface area contributed by atoms with Crippen LogP contribution in [-0.2, 0) is 0 Å². The van der Waals surface area contributed by atoms with E-state index in [0.29, 0.717) is 0 Å². The number of quaternary nitrogens is 1. The van der Waals surface area contributed by atoms with Crippen molar-refractivity contribution >= 4 is 11.4 Å². The Labute approximate surface area is 165 Å². The first-order valence-corrected chi connectivity index (χ1v) is 10.1. The van der Waals surface area contributed by atoms with Crippen molar-refractivity contribution in [3.05, 3.63) is 36.2 Å². The van der Waals surface area contributed by atoms with Crippen molar-refractivity contribution in [2.24, 2.45) is 10.2 Å². The summed E-state index contributed by atoms with van der Waals surface area (Å²) in [5, 5.41) is 9.01. The molecule has 27 heavy (non-hydrogen) atoms. The van der Waals surface area contributed by atoms with Crippen molar-refractivity contribution in [3.63, 3.8) is 0 Å². The van der Waals surface area contributed by atoms with Gasteiger partial charge in [0, 0.05) is 38.7 Å². The predicted octanol–water partition coefficient (Wildman–Crippen LogP) is 4.02. The summed E-state index contributed by atoms with van der Waals surface area (Å²) in [5.74, 6) is 0. The zero-order valence-electron chi connectivity index (χ0n) is 18.2. The van der Waals surface area contributed by atoms with Crippen LogP contribution in [0.2, 0.25) is 0 Å². The van der Waals surface area contributed by atoms with Crippen LogP contribution >= 0.6 is 0 Å². The standard InChI is InChI=1S/C21H37N6/c1-8-26(15-16-27(7,9-2)10-3)19-11-12-20(18(4)17-19)22-23-21-24(5)13-14-25(21)6/h11-14,17,21H,8-10,15-16H2,1-7H3/q+1. The minimum absolute atomic E-state index is 0.0604. The highest BCUT2D eigenvalue weighted by atomic mass is 15.5. The molecule has 1 heterocycles. The van der Waals surface area contributed by atoms with Crippen molar-refractivity contribution in [2.45, 2.75) is 34.0 Å². The molecule has 2 rings (SSSR count). The number of anilines is 1. The van der Waals surface area contributed by atoms with Crippen LogP contribution in [0, 0.1) is 6.92 Å². The fourth-order valence-corrected chi connectivity index (χ4v) is 3.25. The van der Waals surface area contributed by atoms with Gasteiger partial charge in [0.2, 0.25) is 6.29 Å². The second-order valence-electron chi connectivity index (χ2n) is 7.72. The third kappa shape index (κ3) is 5.22. The van der Waals surface area contributed by atoms with Gasteiger partial charge in [0.25, 0.3) is 0 Å². The molecule has 0 aliphatic carbocycles. The number of benzene rings is 1. The first-order chi connectivity index (χ1) is 12.8. The van der Waals surface area contributed by atoms with E-state index in [9.17, 15) is 0 Å². The van der Waals surface area contributed by atoms with Crippen molar-refractivity contribution < 1.29 is 4.48 Å². The summed E-state index contributed by atoms with van der Waals surface area (Å²) in [4.78, 5) is 6.55. The maximum absolute atomic E-state index is 4.51. The molecular formula is C21H37N6+. The summed E-state index contributed by atoms with van der Waals surface area (Å²) in [6, 6.07) is 6.50. The van der Waals surface area contributed by atoms with Gasteiger partial charge in [-0.05, 0) is 51.5 Å². The Kier molecular flexibility index (Phi) is 7.25. The molecule has 0 radical (unpaired) electrons. The molecule has 1 aliphatic heterocycles. The minimum Gasteiger partial charge on any atom is -0.366 e. The van der Waals surface area contributed by atoms with Crippen LogP contribution in [0.25, 0.3) is 0 Å². The van der Waals surface area contributed by atoms with Gasteiger partial charge >= 0.3 is 0 Å². The van der Waals surface area contributed by atoms with Crippen LogP contribution < -0.4 is 4.90 Å². The van der Waals surface area contributed by atoms with E-state index in [-0.39, 0.29) is 6.29 Å². The molecule has 150 valence electrons. The lowest BCUT2D eigenvalue weighted by Gasteiger charge is -2.35. The molecule has 0 bridgehead atoms. The molecule has 0 saturated carbocycles. The second kappa shape index (κ2) is 9.22. The lowest BCUT2D eigenvalue weighted by molar-refractivity contribution is -0.904. The molecule has 0 saturated heterocycles. The van der Waals surface area contributed by atoms with E-state index in [0.717, 1.165) is 35.4 Å². The van der Waals surface area contributed by atoms with E-state index in [1.807, 2.05) is 36.3 Å². The number of nitrogens with zero attached hydrogens (tertiary/aromatic N) is 6. The highest BCUT2D eigenvalue weighted by molar-refractivity contribution is 5.57. The molecular weight excluding hydrogens is 336 g/mol. The lowest BCUT2D eigenvalue weighted by Crippen LogP contribution is -2.48. The molecule has 1 aromatic rings. The van der Waals surface area contributed by atoms with Gasteiger partial charge in [-0.1, -0.05) is 0 Å². The van der Waals surface area contributed by atoms with E-state index < -0.39 is 0 Å². The number of hydrogen-bond donors (Lipinski definition) is 0. The quantitative estimate of drug-likeness (QED) is 0.484. The fourth-order valence-electron chi connectivity index (χ4n) is 3.25. The summed E-state index contributed by atoms with van der Waals surface area (Å²) in [7, 11) is 6.36. The van der Waals surface area contributed by atoms with Gasteiger partial charge in [-0.2, -0.15) is 5.11 Å². The molecule has 6 heteroatoms. The van der Waals surface area contributed by atoms with Crippen LogP contribution in [0.15, 0.2) is 40.8 Å². The monoisotopic (exact) mass is 373 g/mol. The molecule has 0 atom stereocenters. The van der Waals surface area contributed by atoms with Crippen LogP contribution in [0.1, 0.15) is 26.3 Å². The fraction of sp³-hybridized carbons (Fsp3) is 0.619. The van der Waals surface area contributed by atoms with E-state index in [4.69, 9.17) is 0 Å². The van der Waals surface area contributed by atoms with Crippen molar-refractivity contribution in [1.82, 2.24) is 9.80 Å². The topological polar surface area (TPSA) is 34.4 Å². The molecule has 0 fully saturated rings. The average molecular weight is 374 g/mol. The van der Waals surface area contributed by atoms with Crippen LogP contribution in [0.3, 0.4) is 0 Å². The SMILES string of the molecule is CCN(CC[N+](C)(CC)CC)c1ccc(N=NC2N(C)C=CN2C)c(C)c1. The maximum Gasteiger partial charge on any atom is 0.217 e. The number of azo groups is 1. The van der Waals surface area contributed by atoms with E-state index in [1.54, 1.807) is 0 Å². The van der Waals surface area contributed by atoms with Crippen molar-refractivity contribution in [2.75, 3.05) is 58.8 Å². The lowest BCUT2D eigenvalue weighted by atomic mass is 10.1. The molecule has 0 aromatic heterocycles. The molecule has 6 nitrogen and oxygen atoms in total. The molecule has 0 unspecified atom stereocenters. The van der Waals surface area contributed by atoms with Crippen LogP contribution in [0.4, 0.5) is 11.4 Å². The Bertz CT molecular complexity index is 653. The molecule has 0 spiro atoms. The largest absolute Gasteiger partial charge is 0.366 e. The summed E-state index contributed by atoms with van der Waals surface area (Å²) in [6.45, 7) is 14.5. The van der Waals surface area contributed by atoms with Gasteiger partial charge in [-0.25, -0.2) is 0 Å². The average Bonchev–Trinajstić information content (AvgIpc) is 2.99. The van der Waals surface area contributed by atoms with E-state index >= 15 is 0 Å². The van der Waals surface area contributed by atoms with Crippen LogP contribution in [0.5, 0.6) is 0 Å². The third-order valence-corrected chi connectivity index (χ3v) is 5.90. The smallest absolute Gasteiger partial charge is 0.217 e. The van der Waals surface area contributed by atoms with Gasteiger partial charge < -0.3 is 19.2 Å². The van der Waals surface area contributed by atoms with E-state index in [2.05, 4.69) is 68.1 Å². The van der Waals surface area contributed by atoms with Crippen molar-refractivity contribution in [3.8, 4) is 0 Å². The Morgan fingerprint density at radius 3 is 2.22 bits per heavy atom. The Morgan fingerprint density at radius 1 is 1.07 bits per heavy atom. The van der Waals surface area contributed by atoms with Crippen molar-refractivity contribution in [1.29, 1.82) is 0 Å². The van der Waals surface area contributed by atoms with Gasteiger partial charge in [-0.3, -0.25) is 0 Å². The molecule has 1 aromatic carbocycles. The van der Waals surface area contributed by atoms with Gasteiger partial charge in [0.1, 0.15) is 0 Å². The number of hydrogen-bond acceptors (Lipinski definition) is 5. The zero-order valence-corrected chi connectivity index (χ0v) is 18.2. The Morgan fingerprint density at radius 2 is 1.70 bits per heavy atom. The summed E-state index contributed by atoms with van der Waals surface area (Å²) in [6.07, 6.45) is 3.96. The second-order valence-corrected chi connectivity index (χ2v) is 7.72. The van der Waals surface area contributed by atoms with Gasteiger partial charge in [0.15, 0.2) is 0 Å². The normalized spacial score (nSPS) is 15.4. The predicted molar refractivity (Wildman–Crippen MR) is 114 cm³/mol. The number of likely N-dealkylation sites (N-methyl/N-ethyl adjacent to an activating group) is 2. The summed E-state index contributed by atoms with van der Waals surface area (Å²) < 4.78 is 1.11. The minimum atomic E-state index is -0.0604. The van der Waals surface area contributed by atoms with E-state index in [1.165, 1.54) is 18.8 Å². The van der Waals surface area contributed by atoms with Gasteiger partial charge in [0.05, 0.1) is 38.9 Å². The number of aryl methyl sites for hydroxylation is 1. The summed E-state index contributed by atoms with van der Waals surface area (Å²) >= 11 is 0. The van der Waals surface area contributed by atoms with Crippen LogP contribution in [-0.4, -0.2) is 74.4 Å². The van der Waals surface area contributed by atoms with Gasteiger partial charge in [-0.15, -0.1) is 5.11 Å². The highest BCUT2D eigenvalue weighted by Gasteiger charge is 2.20. The highest BCUT2D eigenvalue weighted by Crippen LogP contribution is 2.26. The number of rotatable bonds is 9. The molecule has 0 N–H and O–H groups in total. The molecule has 0 amide bonds. The first kappa shape index (κ1) is 21.2.